The fraction of sp³-hybridized carbons (Fsp3) is 0.143. The van der Waals surface area contributed by atoms with Gasteiger partial charge in [0.05, 0.1) is 22.8 Å². The number of halogens is 1. The van der Waals surface area contributed by atoms with Crippen LogP contribution in [-0.2, 0) is 0 Å². The van der Waals surface area contributed by atoms with Crippen LogP contribution in [0.3, 0.4) is 0 Å². The van der Waals surface area contributed by atoms with Crippen molar-refractivity contribution >= 4 is 22.8 Å². The normalized spacial score (nSPS) is 11.6. The van der Waals surface area contributed by atoms with Gasteiger partial charge in [0.2, 0.25) is 5.95 Å². The molecule has 3 aromatic heterocycles. The van der Waals surface area contributed by atoms with Crippen molar-refractivity contribution in [3.05, 3.63) is 65.0 Å². The van der Waals surface area contributed by atoms with Crippen LogP contribution in [0.5, 0.6) is 0 Å². The van der Waals surface area contributed by atoms with Gasteiger partial charge in [-0.05, 0) is 38.1 Å². The molecule has 0 spiro atoms. The molecule has 1 aromatic carbocycles. The first-order valence-corrected chi connectivity index (χ1v) is 9.27. The zero-order chi connectivity index (χ0) is 22.1. The number of rotatable bonds is 4. The molecule has 0 radical (unpaired) electrons. The molecule has 0 bridgehead atoms. The average molecular weight is 413 g/mol. The summed E-state index contributed by atoms with van der Waals surface area (Å²) in [6.45, 7) is 3.47. The molecule has 152 valence electrons. The van der Waals surface area contributed by atoms with E-state index in [1.54, 1.807) is 42.8 Å². The SMILES string of the molecule is Cc1nc(N)nc(NC(C)c2nc3ccc(F)c(C#N)c3n2-c2ccccn2)c1C#N. The highest BCUT2D eigenvalue weighted by Crippen LogP contribution is 2.30. The van der Waals surface area contributed by atoms with Crippen LogP contribution >= 0.6 is 0 Å². The summed E-state index contributed by atoms with van der Waals surface area (Å²) < 4.78 is 16.0. The van der Waals surface area contributed by atoms with Crippen molar-refractivity contribution < 1.29 is 4.39 Å². The Labute approximate surface area is 176 Å². The number of imidazole rings is 1. The first-order chi connectivity index (χ1) is 14.9. The molecule has 3 N–H and O–H groups in total. The summed E-state index contributed by atoms with van der Waals surface area (Å²) in [7, 11) is 0. The number of aromatic nitrogens is 5. The maximum atomic E-state index is 14.4. The Bertz CT molecular complexity index is 1380. The van der Waals surface area contributed by atoms with Crippen LogP contribution in [0.1, 0.15) is 35.6 Å². The van der Waals surface area contributed by atoms with E-state index in [-0.39, 0.29) is 22.9 Å². The molecule has 0 amide bonds. The van der Waals surface area contributed by atoms with E-state index in [4.69, 9.17) is 5.73 Å². The van der Waals surface area contributed by atoms with Crippen molar-refractivity contribution in [2.24, 2.45) is 0 Å². The van der Waals surface area contributed by atoms with E-state index < -0.39 is 11.9 Å². The highest BCUT2D eigenvalue weighted by Gasteiger charge is 2.24. The van der Waals surface area contributed by atoms with Gasteiger partial charge in [-0.2, -0.15) is 15.5 Å². The number of aryl methyl sites for hydroxylation is 1. The fourth-order valence-electron chi connectivity index (χ4n) is 3.38. The quantitative estimate of drug-likeness (QED) is 0.519. The second kappa shape index (κ2) is 7.69. The highest BCUT2D eigenvalue weighted by molar-refractivity contribution is 5.84. The summed E-state index contributed by atoms with van der Waals surface area (Å²) in [5, 5.41) is 22.2. The Morgan fingerprint density at radius 3 is 2.55 bits per heavy atom. The number of nitrogens with two attached hydrogens (primary N) is 1. The zero-order valence-electron chi connectivity index (χ0n) is 16.6. The predicted molar refractivity (Wildman–Crippen MR) is 111 cm³/mol. The van der Waals surface area contributed by atoms with E-state index in [0.717, 1.165) is 0 Å². The van der Waals surface area contributed by atoms with Crippen molar-refractivity contribution in [3.8, 4) is 18.0 Å². The maximum absolute atomic E-state index is 14.4. The predicted octanol–water partition coefficient (Wildman–Crippen LogP) is 3.16. The average Bonchev–Trinajstić information content (AvgIpc) is 3.14. The van der Waals surface area contributed by atoms with Crippen molar-refractivity contribution in [1.29, 1.82) is 10.5 Å². The number of nitriles is 2. The van der Waals surface area contributed by atoms with E-state index in [9.17, 15) is 14.9 Å². The molecule has 1 atom stereocenters. The van der Waals surface area contributed by atoms with Crippen LogP contribution in [0.25, 0.3) is 16.9 Å². The lowest BCUT2D eigenvalue weighted by Gasteiger charge is -2.18. The third-order valence-corrected chi connectivity index (χ3v) is 4.74. The Hall–Kier alpha value is -4.57. The van der Waals surface area contributed by atoms with E-state index in [1.807, 2.05) is 6.07 Å². The van der Waals surface area contributed by atoms with Gasteiger partial charge in [-0.25, -0.2) is 19.3 Å². The summed E-state index contributed by atoms with van der Waals surface area (Å²) >= 11 is 0. The number of anilines is 2. The van der Waals surface area contributed by atoms with Gasteiger partial charge in [0, 0.05) is 6.20 Å². The molecule has 9 nitrogen and oxygen atoms in total. The molecule has 0 aliphatic carbocycles. The molecular weight excluding hydrogens is 397 g/mol. The van der Waals surface area contributed by atoms with E-state index >= 15 is 0 Å². The Balaban J connectivity index is 1.93. The molecule has 1 unspecified atom stereocenters. The van der Waals surface area contributed by atoms with Crippen LogP contribution in [0.2, 0.25) is 0 Å². The minimum atomic E-state index is -0.648. The molecule has 0 fully saturated rings. The Morgan fingerprint density at radius 1 is 1.10 bits per heavy atom. The number of fused-ring (bicyclic) bond motifs is 1. The van der Waals surface area contributed by atoms with E-state index in [1.165, 1.54) is 12.1 Å². The van der Waals surface area contributed by atoms with Gasteiger partial charge < -0.3 is 11.1 Å². The Kier molecular flexibility index (Phi) is 4.89. The smallest absolute Gasteiger partial charge is 0.222 e. The van der Waals surface area contributed by atoms with E-state index in [2.05, 4.69) is 31.3 Å². The summed E-state index contributed by atoms with van der Waals surface area (Å²) in [6.07, 6.45) is 1.59. The lowest BCUT2D eigenvalue weighted by atomic mass is 10.2. The van der Waals surface area contributed by atoms with Crippen molar-refractivity contribution in [2.45, 2.75) is 19.9 Å². The third kappa shape index (κ3) is 3.36. The number of nitrogens with one attached hydrogen (secondary N) is 1. The summed E-state index contributed by atoms with van der Waals surface area (Å²) in [5.41, 5.74) is 7.07. The number of nitrogen functional groups attached to an aromatic ring is 1. The van der Waals surface area contributed by atoms with Gasteiger partial charge in [0.15, 0.2) is 0 Å². The zero-order valence-corrected chi connectivity index (χ0v) is 16.6. The van der Waals surface area contributed by atoms with E-state index in [0.29, 0.717) is 28.4 Å². The number of benzene rings is 1. The molecular formula is C21H16FN9. The van der Waals surface area contributed by atoms with Crippen molar-refractivity contribution in [2.75, 3.05) is 11.1 Å². The molecule has 4 aromatic rings. The van der Waals surface area contributed by atoms with Crippen LogP contribution in [0.15, 0.2) is 36.5 Å². The van der Waals surface area contributed by atoms with Gasteiger partial charge in [0.1, 0.15) is 46.5 Å². The monoisotopic (exact) mass is 413 g/mol. The van der Waals surface area contributed by atoms with Crippen molar-refractivity contribution in [1.82, 2.24) is 24.5 Å². The lowest BCUT2D eigenvalue weighted by molar-refractivity contribution is 0.625. The maximum Gasteiger partial charge on any atom is 0.222 e. The van der Waals surface area contributed by atoms with Gasteiger partial charge in [0.25, 0.3) is 0 Å². The minimum Gasteiger partial charge on any atom is -0.368 e. The van der Waals surface area contributed by atoms with Gasteiger partial charge in [-0.3, -0.25) is 4.57 Å². The first-order valence-electron chi connectivity index (χ1n) is 9.27. The molecule has 0 aliphatic rings. The number of nitrogens with zero attached hydrogens (tertiary/aromatic N) is 7. The number of pyridine rings is 1. The molecule has 0 aliphatic heterocycles. The fourth-order valence-corrected chi connectivity index (χ4v) is 3.38. The summed E-state index contributed by atoms with van der Waals surface area (Å²) in [5.74, 6) is 0.555. The van der Waals surface area contributed by atoms with Crippen LogP contribution in [-0.4, -0.2) is 24.5 Å². The van der Waals surface area contributed by atoms with Gasteiger partial charge in [-0.1, -0.05) is 6.07 Å². The molecule has 10 heteroatoms. The molecule has 0 saturated heterocycles. The van der Waals surface area contributed by atoms with Crippen LogP contribution < -0.4 is 11.1 Å². The summed E-state index contributed by atoms with van der Waals surface area (Å²) in [4.78, 5) is 17.1. The standard InChI is InChI=1S/C21H16FN9/c1-11-13(9-23)19(30-21(25)28-11)27-12(2)20-29-16-7-6-15(22)14(10-24)18(16)31(20)17-5-3-4-8-26-17/h3-8,12H,1-2H3,(H3,25,27,28,30). The topological polar surface area (TPSA) is 142 Å². The number of hydrogen-bond donors (Lipinski definition) is 2. The largest absolute Gasteiger partial charge is 0.368 e. The second-order valence-electron chi connectivity index (χ2n) is 6.76. The molecule has 31 heavy (non-hydrogen) atoms. The lowest BCUT2D eigenvalue weighted by Crippen LogP contribution is -2.16. The number of hydrogen-bond acceptors (Lipinski definition) is 8. The molecule has 0 saturated carbocycles. The highest BCUT2D eigenvalue weighted by atomic mass is 19.1. The summed E-state index contributed by atoms with van der Waals surface area (Å²) in [6, 6.07) is 11.5. The molecule has 3 heterocycles. The first kappa shape index (κ1) is 19.7. The molecule has 4 rings (SSSR count). The second-order valence-corrected chi connectivity index (χ2v) is 6.76. The van der Waals surface area contributed by atoms with Gasteiger partial charge in [-0.15, -0.1) is 0 Å². The van der Waals surface area contributed by atoms with Crippen molar-refractivity contribution in [3.63, 3.8) is 0 Å². The van der Waals surface area contributed by atoms with Crippen LogP contribution in [0.4, 0.5) is 16.2 Å². The Morgan fingerprint density at radius 2 is 1.87 bits per heavy atom. The van der Waals surface area contributed by atoms with Gasteiger partial charge >= 0.3 is 0 Å². The van der Waals surface area contributed by atoms with Crippen LogP contribution in [0, 0.1) is 35.4 Å². The third-order valence-electron chi connectivity index (χ3n) is 4.74. The minimum absolute atomic E-state index is 0.0262.